The summed E-state index contributed by atoms with van der Waals surface area (Å²) < 4.78 is 21.0. The van der Waals surface area contributed by atoms with Crippen LogP contribution in [0.4, 0.5) is 0 Å². The van der Waals surface area contributed by atoms with Crippen LogP contribution in [0, 0.1) is 0 Å². The number of rotatable bonds is 13. The highest BCUT2D eigenvalue weighted by Crippen LogP contribution is 2.35. The van der Waals surface area contributed by atoms with Crippen LogP contribution in [0.15, 0.2) is 36.4 Å². The van der Waals surface area contributed by atoms with Crippen LogP contribution in [0.2, 0.25) is 0 Å². The van der Waals surface area contributed by atoms with Crippen molar-refractivity contribution in [3.05, 3.63) is 58.7 Å². The molecule has 2 aromatic rings. The Balaban J connectivity index is 2.46. The minimum atomic E-state index is -1.13. The minimum Gasteiger partial charge on any atom is -0.481 e. The molecule has 2 rings (SSSR count). The van der Waals surface area contributed by atoms with Crippen LogP contribution < -0.4 is 14.8 Å². The maximum absolute atomic E-state index is 13.1. The first-order chi connectivity index (χ1) is 15.4. The maximum atomic E-state index is 13.1. The fraction of sp³-hybridized carbons (Fsp3) is 0.348. The lowest BCUT2D eigenvalue weighted by Gasteiger charge is -2.21. The number of carboxylic acids is 1. The molecule has 0 aliphatic carbocycles. The quantitative estimate of drug-likeness (QED) is 0.356. The van der Waals surface area contributed by atoms with E-state index in [1.807, 2.05) is 6.92 Å². The fourth-order valence-corrected chi connectivity index (χ4v) is 3.17. The molecule has 0 bridgehead atoms. The first-order valence-corrected chi connectivity index (χ1v) is 9.93. The van der Waals surface area contributed by atoms with Crippen molar-refractivity contribution in [3.63, 3.8) is 0 Å². The molecule has 0 aliphatic rings. The molecule has 2 aromatic carbocycles. The fourth-order valence-electron chi connectivity index (χ4n) is 3.17. The van der Waals surface area contributed by atoms with Gasteiger partial charge in [-0.25, -0.2) is 0 Å². The van der Waals surface area contributed by atoms with Gasteiger partial charge in [-0.3, -0.25) is 14.4 Å². The zero-order valence-corrected chi connectivity index (χ0v) is 18.3. The largest absolute Gasteiger partial charge is 0.481 e. The van der Waals surface area contributed by atoms with E-state index < -0.39 is 18.3 Å². The van der Waals surface area contributed by atoms with Crippen molar-refractivity contribution in [1.82, 2.24) is 5.32 Å². The Labute approximate surface area is 186 Å². The van der Waals surface area contributed by atoms with Crippen LogP contribution in [0.5, 0.6) is 11.5 Å². The molecule has 0 aromatic heterocycles. The highest BCUT2D eigenvalue weighted by Gasteiger charge is 2.26. The Bertz CT molecular complexity index is 943. The smallest absolute Gasteiger partial charge is 0.307 e. The molecule has 2 N–H and O–H groups in total. The number of benzene rings is 2. The van der Waals surface area contributed by atoms with Gasteiger partial charge in [0.05, 0.1) is 18.5 Å². The number of carboxylic acid groups (broad SMARTS) is 1. The number of Topliss-reactive ketones (excluding diaryl/α,β-unsaturated/α-hetero) is 1. The standard InChI is InChI=1S/C23H27NO8/c1-4-16-17(10-21(26)27)22(20(32-14-30-3)11-19(16)31-13-29-2)23(28)24-12-18(25)15-8-6-5-7-9-15/h5-9,11H,4,10,12-14H2,1-3H3,(H,24,28)(H,26,27). The SMILES string of the molecule is CCc1c(OCOC)cc(OCOC)c(C(=O)NCC(=O)c2ccccc2)c1CC(=O)O. The van der Waals surface area contributed by atoms with Gasteiger partial charge in [0.25, 0.3) is 5.91 Å². The van der Waals surface area contributed by atoms with Gasteiger partial charge in [0.15, 0.2) is 19.4 Å². The van der Waals surface area contributed by atoms with Crippen molar-refractivity contribution in [2.45, 2.75) is 19.8 Å². The van der Waals surface area contributed by atoms with E-state index in [0.29, 0.717) is 23.3 Å². The molecule has 9 heteroatoms. The van der Waals surface area contributed by atoms with E-state index in [1.54, 1.807) is 30.3 Å². The number of ether oxygens (including phenoxy) is 4. The number of amides is 1. The molecule has 0 radical (unpaired) electrons. The van der Waals surface area contributed by atoms with Gasteiger partial charge in [-0.15, -0.1) is 0 Å². The molecule has 9 nitrogen and oxygen atoms in total. The van der Waals surface area contributed by atoms with Crippen molar-refractivity contribution in [1.29, 1.82) is 0 Å². The van der Waals surface area contributed by atoms with Crippen LogP contribution in [-0.2, 0) is 27.1 Å². The minimum absolute atomic E-state index is 0.0203. The summed E-state index contributed by atoms with van der Waals surface area (Å²) in [5.41, 5.74) is 1.25. The monoisotopic (exact) mass is 445 g/mol. The van der Waals surface area contributed by atoms with Crippen molar-refractivity contribution in [2.75, 3.05) is 34.4 Å². The number of hydrogen-bond donors (Lipinski definition) is 2. The molecule has 32 heavy (non-hydrogen) atoms. The van der Waals surface area contributed by atoms with Crippen LogP contribution in [0.1, 0.15) is 38.8 Å². The summed E-state index contributed by atoms with van der Waals surface area (Å²) in [7, 11) is 2.87. The van der Waals surface area contributed by atoms with E-state index in [2.05, 4.69) is 5.32 Å². The molecular formula is C23H27NO8. The summed E-state index contributed by atoms with van der Waals surface area (Å²) >= 11 is 0. The molecule has 0 heterocycles. The summed E-state index contributed by atoms with van der Waals surface area (Å²) in [5.74, 6) is -1.63. The van der Waals surface area contributed by atoms with Gasteiger partial charge >= 0.3 is 5.97 Å². The van der Waals surface area contributed by atoms with Crippen molar-refractivity contribution < 1.29 is 38.4 Å². The van der Waals surface area contributed by atoms with Gasteiger partial charge < -0.3 is 29.4 Å². The van der Waals surface area contributed by atoms with E-state index in [-0.39, 0.29) is 42.8 Å². The van der Waals surface area contributed by atoms with Crippen molar-refractivity contribution >= 4 is 17.7 Å². The summed E-state index contributed by atoms with van der Waals surface area (Å²) in [6.45, 7) is 1.31. The zero-order valence-electron chi connectivity index (χ0n) is 18.3. The number of ketones is 1. The lowest BCUT2D eigenvalue weighted by atomic mass is 9.94. The van der Waals surface area contributed by atoms with Gasteiger partial charge in [-0.2, -0.15) is 0 Å². The predicted molar refractivity (Wildman–Crippen MR) is 115 cm³/mol. The molecule has 0 spiro atoms. The second-order valence-electron chi connectivity index (χ2n) is 6.70. The summed E-state index contributed by atoms with van der Waals surface area (Å²) in [5, 5.41) is 12.1. The second kappa shape index (κ2) is 12.4. The molecule has 0 saturated heterocycles. The highest BCUT2D eigenvalue weighted by molar-refractivity contribution is 6.04. The lowest BCUT2D eigenvalue weighted by Crippen LogP contribution is -2.31. The van der Waals surface area contributed by atoms with Gasteiger partial charge in [0.2, 0.25) is 0 Å². The van der Waals surface area contributed by atoms with Crippen molar-refractivity contribution in [2.24, 2.45) is 0 Å². The summed E-state index contributed by atoms with van der Waals surface area (Å²) in [6, 6.07) is 10.0. The highest BCUT2D eigenvalue weighted by atomic mass is 16.7. The Hall–Kier alpha value is -3.43. The van der Waals surface area contributed by atoms with E-state index in [9.17, 15) is 19.5 Å². The number of aliphatic carboxylic acids is 1. The average molecular weight is 445 g/mol. The molecule has 1 amide bonds. The molecule has 0 atom stereocenters. The van der Waals surface area contributed by atoms with Gasteiger partial charge in [0, 0.05) is 25.8 Å². The molecular weight excluding hydrogens is 418 g/mol. The Morgan fingerprint density at radius 1 is 0.938 bits per heavy atom. The number of carbonyl (C=O) groups excluding carboxylic acids is 2. The summed E-state index contributed by atoms with van der Waals surface area (Å²) in [4.78, 5) is 37.1. The Morgan fingerprint density at radius 2 is 1.56 bits per heavy atom. The third-order valence-corrected chi connectivity index (χ3v) is 4.55. The van der Waals surface area contributed by atoms with E-state index >= 15 is 0 Å². The average Bonchev–Trinajstić information content (AvgIpc) is 2.79. The number of nitrogens with one attached hydrogen (secondary N) is 1. The normalized spacial score (nSPS) is 10.5. The van der Waals surface area contributed by atoms with Crippen LogP contribution >= 0.6 is 0 Å². The molecule has 0 fully saturated rings. The topological polar surface area (TPSA) is 120 Å². The van der Waals surface area contributed by atoms with Crippen LogP contribution in [0.25, 0.3) is 0 Å². The molecule has 0 aliphatic heterocycles. The maximum Gasteiger partial charge on any atom is 0.307 e. The molecule has 0 saturated carbocycles. The van der Waals surface area contributed by atoms with Crippen LogP contribution in [0.3, 0.4) is 0 Å². The Morgan fingerprint density at radius 3 is 2.12 bits per heavy atom. The zero-order chi connectivity index (χ0) is 23.5. The Kier molecular flexibility index (Phi) is 9.65. The molecule has 172 valence electrons. The first-order valence-electron chi connectivity index (χ1n) is 9.93. The van der Waals surface area contributed by atoms with Gasteiger partial charge in [-0.05, 0) is 17.5 Å². The van der Waals surface area contributed by atoms with Crippen LogP contribution in [-0.4, -0.2) is 57.1 Å². The number of carbonyl (C=O) groups is 3. The second-order valence-corrected chi connectivity index (χ2v) is 6.70. The third kappa shape index (κ3) is 6.53. The lowest BCUT2D eigenvalue weighted by molar-refractivity contribution is -0.136. The van der Waals surface area contributed by atoms with E-state index in [1.165, 1.54) is 20.3 Å². The summed E-state index contributed by atoms with van der Waals surface area (Å²) in [6.07, 6.45) is -0.0402. The number of methoxy groups -OCH3 is 2. The van der Waals surface area contributed by atoms with Gasteiger partial charge in [0.1, 0.15) is 11.5 Å². The van der Waals surface area contributed by atoms with Crippen molar-refractivity contribution in [3.8, 4) is 11.5 Å². The number of hydrogen-bond acceptors (Lipinski definition) is 7. The molecule has 0 unspecified atom stereocenters. The van der Waals surface area contributed by atoms with E-state index in [0.717, 1.165) is 0 Å². The van der Waals surface area contributed by atoms with E-state index in [4.69, 9.17) is 18.9 Å². The van der Waals surface area contributed by atoms with Gasteiger partial charge in [-0.1, -0.05) is 37.3 Å². The predicted octanol–water partition coefficient (Wildman–Crippen LogP) is 2.45. The third-order valence-electron chi connectivity index (χ3n) is 4.55. The first kappa shape index (κ1) is 24.8.